The van der Waals surface area contributed by atoms with E-state index in [0.29, 0.717) is 11.9 Å². The lowest BCUT2D eigenvalue weighted by atomic mass is 10.2. The molecule has 1 heterocycles. The van der Waals surface area contributed by atoms with Crippen LogP contribution in [0.4, 0.5) is 4.39 Å². The third-order valence-corrected chi connectivity index (χ3v) is 4.27. The molecule has 1 aromatic heterocycles. The molecular formula is C13H13BrFNOS. The van der Waals surface area contributed by atoms with Crippen molar-refractivity contribution in [3.8, 4) is 5.75 Å². The van der Waals surface area contributed by atoms with Gasteiger partial charge in [0.15, 0.2) is 11.6 Å². The summed E-state index contributed by atoms with van der Waals surface area (Å²) in [6, 6.07) is 4.97. The zero-order valence-electron chi connectivity index (χ0n) is 10.2. The molecule has 2 nitrogen and oxygen atoms in total. The van der Waals surface area contributed by atoms with Crippen LogP contribution in [0.5, 0.6) is 5.75 Å². The summed E-state index contributed by atoms with van der Waals surface area (Å²) in [6.45, 7) is 4.28. The van der Waals surface area contributed by atoms with Crippen LogP contribution in [-0.4, -0.2) is 4.98 Å². The van der Waals surface area contributed by atoms with Gasteiger partial charge in [-0.05, 0) is 31.5 Å². The highest BCUT2D eigenvalue weighted by Crippen LogP contribution is 2.22. The molecule has 0 saturated carbocycles. The molecule has 2 aromatic rings. The van der Waals surface area contributed by atoms with Gasteiger partial charge >= 0.3 is 0 Å². The standard InChI is InChI=1S/C13H13BrFNOS/c1-8-9(2)18-13(16-8)7-17-12-4-3-10(6-14)5-11(12)15/h3-5H,6-7H2,1-2H3. The van der Waals surface area contributed by atoms with Gasteiger partial charge in [-0.2, -0.15) is 0 Å². The minimum absolute atomic E-state index is 0.269. The molecule has 5 heteroatoms. The van der Waals surface area contributed by atoms with E-state index in [9.17, 15) is 4.39 Å². The van der Waals surface area contributed by atoms with Gasteiger partial charge in [0.2, 0.25) is 0 Å². The average molecular weight is 330 g/mol. The smallest absolute Gasteiger partial charge is 0.165 e. The van der Waals surface area contributed by atoms with Crippen LogP contribution in [0.3, 0.4) is 0 Å². The van der Waals surface area contributed by atoms with Gasteiger partial charge in [-0.15, -0.1) is 11.3 Å². The molecule has 0 aliphatic rings. The van der Waals surface area contributed by atoms with Crippen LogP contribution < -0.4 is 4.74 Å². The molecule has 0 bridgehead atoms. The molecule has 0 saturated heterocycles. The highest BCUT2D eigenvalue weighted by molar-refractivity contribution is 9.08. The number of hydrogen-bond donors (Lipinski definition) is 0. The van der Waals surface area contributed by atoms with E-state index >= 15 is 0 Å². The van der Waals surface area contributed by atoms with Gasteiger partial charge in [0.05, 0.1) is 5.69 Å². The maximum atomic E-state index is 13.7. The summed E-state index contributed by atoms with van der Waals surface area (Å²) in [4.78, 5) is 5.52. The largest absolute Gasteiger partial charge is 0.483 e. The van der Waals surface area contributed by atoms with Crippen LogP contribution >= 0.6 is 27.3 Å². The van der Waals surface area contributed by atoms with Crippen LogP contribution in [0.1, 0.15) is 21.1 Å². The Hall–Kier alpha value is -0.940. The van der Waals surface area contributed by atoms with Crippen molar-refractivity contribution in [1.82, 2.24) is 4.98 Å². The number of alkyl halides is 1. The molecule has 0 fully saturated rings. The van der Waals surface area contributed by atoms with E-state index in [1.807, 2.05) is 19.9 Å². The predicted molar refractivity (Wildman–Crippen MR) is 75.0 cm³/mol. The number of benzene rings is 1. The van der Waals surface area contributed by atoms with Crippen LogP contribution in [0.15, 0.2) is 18.2 Å². The zero-order valence-corrected chi connectivity index (χ0v) is 12.6. The fourth-order valence-electron chi connectivity index (χ4n) is 1.48. The molecule has 0 atom stereocenters. The highest BCUT2D eigenvalue weighted by Gasteiger charge is 2.07. The molecule has 0 aliphatic heterocycles. The maximum Gasteiger partial charge on any atom is 0.165 e. The van der Waals surface area contributed by atoms with Gasteiger partial charge < -0.3 is 4.74 Å². The summed E-state index contributed by atoms with van der Waals surface area (Å²) in [5.41, 5.74) is 1.90. The third kappa shape index (κ3) is 3.09. The summed E-state index contributed by atoms with van der Waals surface area (Å²) in [5, 5.41) is 1.50. The molecule has 1 aromatic carbocycles. The van der Waals surface area contributed by atoms with Gasteiger partial charge in [0.1, 0.15) is 11.6 Å². The molecule has 0 N–H and O–H groups in total. The Morgan fingerprint density at radius 1 is 1.39 bits per heavy atom. The first-order chi connectivity index (χ1) is 8.60. The number of thiazole rings is 1. The first-order valence-electron chi connectivity index (χ1n) is 5.50. The molecule has 0 unspecified atom stereocenters. The fourth-order valence-corrected chi connectivity index (χ4v) is 2.68. The van der Waals surface area contributed by atoms with Crippen LogP contribution in [0.25, 0.3) is 0 Å². The number of aromatic nitrogens is 1. The van der Waals surface area contributed by atoms with E-state index in [1.165, 1.54) is 10.9 Å². The Bertz CT molecular complexity index is 536. The predicted octanol–water partition coefficient (Wildman–Crippen LogP) is 4.37. The van der Waals surface area contributed by atoms with Crippen molar-refractivity contribution >= 4 is 27.3 Å². The Morgan fingerprint density at radius 3 is 2.72 bits per heavy atom. The van der Waals surface area contributed by atoms with E-state index in [2.05, 4.69) is 20.9 Å². The SMILES string of the molecule is Cc1nc(COc2ccc(CBr)cc2F)sc1C. The molecule has 0 amide bonds. The number of halogens is 2. The first-order valence-corrected chi connectivity index (χ1v) is 7.44. The second kappa shape index (κ2) is 5.80. The normalized spacial score (nSPS) is 10.7. The lowest BCUT2D eigenvalue weighted by molar-refractivity contribution is 0.289. The van der Waals surface area contributed by atoms with Crippen molar-refractivity contribution in [3.63, 3.8) is 0 Å². The number of rotatable bonds is 4. The Balaban J connectivity index is 2.06. The lowest BCUT2D eigenvalue weighted by Crippen LogP contribution is -1.97. The van der Waals surface area contributed by atoms with Gasteiger partial charge in [-0.25, -0.2) is 9.37 Å². The molecule has 0 radical (unpaired) electrons. The number of nitrogens with zero attached hydrogens (tertiary/aromatic N) is 1. The van der Waals surface area contributed by atoms with E-state index in [-0.39, 0.29) is 11.6 Å². The Labute approximate surface area is 118 Å². The zero-order chi connectivity index (χ0) is 13.1. The Morgan fingerprint density at radius 2 is 2.17 bits per heavy atom. The van der Waals surface area contributed by atoms with Crippen LogP contribution in [0, 0.1) is 19.7 Å². The third-order valence-electron chi connectivity index (χ3n) is 2.57. The summed E-state index contributed by atoms with van der Waals surface area (Å²) in [5.74, 6) is -0.0674. The van der Waals surface area contributed by atoms with Gasteiger partial charge in [-0.3, -0.25) is 0 Å². The number of ether oxygens (including phenoxy) is 1. The Kier molecular flexibility index (Phi) is 4.35. The monoisotopic (exact) mass is 329 g/mol. The maximum absolute atomic E-state index is 13.7. The van der Waals surface area contributed by atoms with E-state index < -0.39 is 0 Å². The summed E-state index contributed by atoms with van der Waals surface area (Å²) in [7, 11) is 0. The highest BCUT2D eigenvalue weighted by atomic mass is 79.9. The van der Waals surface area contributed by atoms with E-state index in [4.69, 9.17) is 4.74 Å². The van der Waals surface area contributed by atoms with Gasteiger partial charge in [0, 0.05) is 10.2 Å². The molecule has 96 valence electrons. The van der Waals surface area contributed by atoms with Crippen molar-refractivity contribution in [2.75, 3.05) is 0 Å². The van der Waals surface area contributed by atoms with Crippen LogP contribution in [-0.2, 0) is 11.9 Å². The van der Waals surface area contributed by atoms with Gasteiger partial charge in [0.25, 0.3) is 0 Å². The van der Waals surface area contributed by atoms with Gasteiger partial charge in [-0.1, -0.05) is 22.0 Å². The van der Waals surface area contributed by atoms with Crippen molar-refractivity contribution in [1.29, 1.82) is 0 Å². The molecule has 2 rings (SSSR count). The van der Waals surface area contributed by atoms with Crippen molar-refractivity contribution in [2.45, 2.75) is 25.8 Å². The number of hydrogen-bond acceptors (Lipinski definition) is 3. The summed E-state index contributed by atoms with van der Waals surface area (Å²) >= 11 is 4.87. The topological polar surface area (TPSA) is 22.1 Å². The molecular weight excluding hydrogens is 317 g/mol. The minimum Gasteiger partial charge on any atom is -0.483 e. The van der Waals surface area contributed by atoms with E-state index in [1.54, 1.807) is 17.4 Å². The molecule has 18 heavy (non-hydrogen) atoms. The summed E-state index contributed by atoms with van der Waals surface area (Å²) in [6.07, 6.45) is 0. The fraction of sp³-hybridized carbons (Fsp3) is 0.308. The molecule has 0 aliphatic carbocycles. The van der Waals surface area contributed by atoms with Crippen molar-refractivity contribution < 1.29 is 9.13 Å². The minimum atomic E-state index is -0.336. The quantitative estimate of drug-likeness (QED) is 0.777. The summed E-state index contributed by atoms with van der Waals surface area (Å²) < 4.78 is 19.1. The van der Waals surface area contributed by atoms with Crippen LogP contribution in [0.2, 0.25) is 0 Å². The second-order valence-corrected chi connectivity index (χ2v) is 5.78. The van der Waals surface area contributed by atoms with Crippen molar-refractivity contribution in [2.24, 2.45) is 0 Å². The first kappa shape index (κ1) is 13.5. The molecule has 0 spiro atoms. The average Bonchev–Trinajstić information content (AvgIpc) is 2.67. The second-order valence-electron chi connectivity index (χ2n) is 3.94. The van der Waals surface area contributed by atoms with E-state index in [0.717, 1.165) is 16.3 Å². The number of aryl methyl sites for hydroxylation is 2. The van der Waals surface area contributed by atoms with Crippen molar-refractivity contribution in [3.05, 3.63) is 45.2 Å². The lowest BCUT2D eigenvalue weighted by Gasteiger charge is -2.06.